The number of ether oxygens (including phenoxy) is 1. The van der Waals surface area contributed by atoms with Crippen LogP contribution < -0.4 is 4.74 Å². The first kappa shape index (κ1) is 13.4. The SMILES string of the molecule is OCc1cc(F)c(OCc2ccc(F)cc2)c(F)c1. The molecular weight excluding hydrogens is 257 g/mol. The molecule has 0 unspecified atom stereocenters. The number of hydrogen-bond donors (Lipinski definition) is 1. The van der Waals surface area contributed by atoms with Crippen LogP contribution in [0.15, 0.2) is 36.4 Å². The molecule has 0 fully saturated rings. The fourth-order valence-corrected chi connectivity index (χ4v) is 1.58. The molecule has 0 amide bonds. The van der Waals surface area contributed by atoms with E-state index in [4.69, 9.17) is 9.84 Å². The molecule has 0 bridgehead atoms. The Bertz CT molecular complexity index is 544. The zero-order chi connectivity index (χ0) is 13.8. The highest BCUT2D eigenvalue weighted by Gasteiger charge is 2.12. The predicted molar refractivity (Wildman–Crippen MR) is 63.0 cm³/mol. The van der Waals surface area contributed by atoms with Crippen LogP contribution in [-0.2, 0) is 13.2 Å². The van der Waals surface area contributed by atoms with E-state index in [-0.39, 0.29) is 12.2 Å². The van der Waals surface area contributed by atoms with E-state index in [0.29, 0.717) is 5.56 Å². The van der Waals surface area contributed by atoms with Crippen LogP contribution >= 0.6 is 0 Å². The van der Waals surface area contributed by atoms with Crippen molar-refractivity contribution in [2.24, 2.45) is 0 Å². The van der Waals surface area contributed by atoms with Crippen molar-refractivity contribution in [1.82, 2.24) is 0 Å². The molecule has 0 aliphatic rings. The number of aliphatic hydroxyl groups excluding tert-OH is 1. The molecule has 2 aromatic carbocycles. The summed E-state index contributed by atoms with van der Waals surface area (Å²) in [6, 6.07) is 7.41. The number of aliphatic hydroxyl groups is 1. The van der Waals surface area contributed by atoms with E-state index < -0.39 is 29.8 Å². The predicted octanol–water partition coefficient (Wildman–Crippen LogP) is 3.18. The minimum atomic E-state index is -0.883. The van der Waals surface area contributed by atoms with E-state index in [1.165, 1.54) is 24.3 Å². The lowest BCUT2D eigenvalue weighted by atomic mass is 10.2. The van der Waals surface area contributed by atoms with Crippen LogP contribution in [0.4, 0.5) is 13.2 Å². The molecule has 0 aliphatic heterocycles. The lowest BCUT2D eigenvalue weighted by Gasteiger charge is -2.09. The van der Waals surface area contributed by atoms with Gasteiger partial charge in [0, 0.05) is 0 Å². The van der Waals surface area contributed by atoms with E-state index in [2.05, 4.69) is 0 Å². The molecule has 2 nitrogen and oxygen atoms in total. The Morgan fingerprint density at radius 1 is 0.895 bits per heavy atom. The van der Waals surface area contributed by atoms with Gasteiger partial charge in [-0.05, 0) is 35.4 Å². The van der Waals surface area contributed by atoms with Crippen LogP contribution in [0, 0.1) is 17.5 Å². The fraction of sp³-hybridized carbons (Fsp3) is 0.143. The van der Waals surface area contributed by atoms with Gasteiger partial charge in [0.25, 0.3) is 0 Å². The molecule has 2 aromatic rings. The van der Waals surface area contributed by atoms with Crippen molar-refractivity contribution in [2.45, 2.75) is 13.2 Å². The third kappa shape index (κ3) is 3.26. The summed E-state index contributed by atoms with van der Waals surface area (Å²) < 4.78 is 44.8. The van der Waals surface area contributed by atoms with Gasteiger partial charge < -0.3 is 9.84 Å². The zero-order valence-electron chi connectivity index (χ0n) is 9.87. The molecule has 0 atom stereocenters. The third-order valence-corrected chi connectivity index (χ3v) is 2.54. The highest BCUT2D eigenvalue weighted by Crippen LogP contribution is 2.24. The molecule has 0 heterocycles. The summed E-state index contributed by atoms with van der Waals surface area (Å²) in [6.07, 6.45) is 0. The quantitative estimate of drug-likeness (QED) is 0.922. The number of hydrogen-bond acceptors (Lipinski definition) is 2. The first-order valence-electron chi connectivity index (χ1n) is 5.56. The van der Waals surface area contributed by atoms with Gasteiger partial charge >= 0.3 is 0 Å². The van der Waals surface area contributed by atoms with Gasteiger partial charge in [-0.1, -0.05) is 12.1 Å². The van der Waals surface area contributed by atoms with Crippen molar-refractivity contribution in [3.05, 3.63) is 65.0 Å². The monoisotopic (exact) mass is 268 g/mol. The molecule has 0 spiro atoms. The van der Waals surface area contributed by atoms with Gasteiger partial charge in [-0.3, -0.25) is 0 Å². The molecule has 19 heavy (non-hydrogen) atoms. The van der Waals surface area contributed by atoms with E-state index in [0.717, 1.165) is 12.1 Å². The Hall–Kier alpha value is -2.01. The second-order valence-corrected chi connectivity index (χ2v) is 3.96. The van der Waals surface area contributed by atoms with Crippen LogP contribution in [0.2, 0.25) is 0 Å². The smallest absolute Gasteiger partial charge is 0.191 e. The summed E-state index contributed by atoms with van der Waals surface area (Å²) in [7, 11) is 0. The second-order valence-electron chi connectivity index (χ2n) is 3.96. The average molecular weight is 268 g/mol. The maximum atomic E-state index is 13.5. The van der Waals surface area contributed by atoms with Crippen molar-refractivity contribution < 1.29 is 23.0 Å². The fourth-order valence-electron chi connectivity index (χ4n) is 1.58. The molecule has 0 saturated heterocycles. The van der Waals surface area contributed by atoms with Gasteiger partial charge in [0.2, 0.25) is 0 Å². The van der Waals surface area contributed by atoms with Crippen LogP contribution in [0.25, 0.3) is 0 Å². The zero-order valence-corrected chi connectivity index (χ0v) is 9.87. The summed E-state index contributed by atoms with van der Waals surface area (Å²) in [5.41, 5.74) is 0.718. The summed E-state index contributed by atoms with van der Waals surface area (Å²) in [6.45, 7) is -0.529. The van der Waals surface area contributed by atoms with E-state index in [1.54, 1.807) is 0 Å². The Morgan fingerprint density at radius 2 is 1.47 bits per heavy atom. The number of halogens is 3. The van der Waals surface area contributed by atoms with Crippen LogP contribution in [-0.4, -0.2) is 5.11 Å². The van der Waals surface area contributed by atoms with Gasteiger partial charge in [0.15, 0.2) is 17.4 Å². The van der Waals surface area contributed by atoms with E-state index >= 15 is 0 Å². The third-order valence-electron chi connectivity index (χ3n) is 2.54. The van der Waals surface area contributed by atoms with Gasteiger partial charge in [0.1, 0.15) is 12.4 Å². The van der Waals surface area contributed by atoms with Crippen LogP contribution in [0.3, 0.4) is 0 Å². The Labute approximate surface area is 108 Å². The lowest BCUT2D eigenvalue weighted by molar-refractivity contribution is 0.266. The lowest BCUT2D eigenvalue weighted by Crippen LogP contribution is -2.01. The van der Waals surface area contributed by atoms with Crippen molar-refractivity contribution in [1.29, 1.82) is 0 Å². The minimum Gasteiger partial charge on any atom is -0.483 e. The summed E-state index contributed by atoms with van der Waals surface area (Å²) >= 11 is 0. The normalized spacial score (nSPS) is 10.5. The van der Waals surface area contributed by atoms with Crippen molar-refractivity contribution >= 4 is 0 Å². The summed E-state index contributed by atoms with van der Waals surface area (Å²) in [5, 5.41) is 8.80. The highest BCUT2D eigenvalue weighted by molar-refractivity contribution is 5.31. The molecule has 1 N–H and O–H groups in total. The molecule has 0 aliphatic carbocycles. The van der Waals surface area contributed by atoms with Crippen LogP contribution in [0.1, 0.15) is 11.1 Å². The molecule has 5 heteroatoms. The van der Waals surface area contributed by atoms with E-state index in [9.17, 15) is 13.2 Å². The van der Waals surface area contributed by atoms with Gasteiger partial charge in [-0.2, -0.15) is 0 Å². The standard InChI is InChI=1S/C14H11F3O2/c15-11-3-1-9(2-4-11)8-19-14-12(16)5-10(7-18)6-13(14)17/h1-6,18H,7-8H2. The molecule has 0 aromatic heterocycles. The van der Waals surface area contributed by atoms with Crippen molar-refractivity contribution in [3.8, 4) is 5.75 Å². The Kier molecular flexibility index (Phi) is 4.06. The Morgan fingerprint density at radius 3 is 2.00 bits per heavy atom. The van der Waals surface area contributed by atoms with Crippen molar-refractivity contribution in [3.63, 3.8) is 0 Å². The maximum absolute atomic E-state index is 13.5. The van der Waals surface area contributed by atoms with E-state index in [1.807, 2.05) is 0 Å². The van der Waals surface area contributed by atoms with Gasteiger partial charge in [-0.25, -0.2) is 13.2 Å². The number of benzene rings is 2. The summed E-state index contributed by atoms with van der Waals surface area (Å²) in [4.78, 5) is 0. The highest BCUT2D eigenvalue weighted by atomic mass is 19.1. The molecule has 2 rings (SSSR count). The van der Waals surface area contributed by atoms with Gasteiger partial charge in [-0.15, -0.1) is 0 Å². The number of rotatable bonds is 4. The maximum Gasteiger partial charge on any atom is 0.191 e. The van der Waals surface area contributed by atoms with Gasteiger partial charge in [0.05, 0.1) is 6.61 Å². The van der Waals surface area contributed by atoms with Crippen molar-refractivity contribution in [2.75, 3.05) is 0 Å². The average Bonchev–Trinajstić information content (AvgIpc) is 2.39. The first-order valence-corrected chi connectivity index (χ1v) is 5.56. The van der Waals surface area contributed by atoms with Crippen LogP contribution in [0.5, 0.6) is 5.75 Å². The minimum absolute atomic E-state index is 0.0768. The molecular formula is C14H11F3O2. The second kappa shape index (κ2) is 5.75. The summed E-state index contributed by atoms with van der Waals surface area (Å²) in [5.74, 6) is -2.67. The largest absolute Gasteiger partial charge is 0.483 e. The Balaban J connectivity index is 2.13. The molecule has 100 valence electrons. The topological polar surface area (TPSA) is 29.5 Å². The molecule has 0 saturated carbocycles. The molecule has 0 radical (unpaired) electrons. The first-order chi connectivity index (χ1) is 9.10.